The standard InChI is InChI=1S/C29H24N4O4/c30-25-26(28(36)27(25)35)32-22-13-11-20(12-14-22)29(37)31-16-15-24(34)33-17-21-7-2-1-5-18(21)9-10-19-6-3-4-8-23(19)33/h1-14,32H,15-17,30H2,(H,31,37)/b10-9-. The van der Waals surface area contributed by atoms with E-state index in [0.717, 1.165) is 22.4 Å². The molecule has 5 rings (SSSR count). The molecule has 0 bridgehead atoms. The van der Waals surface area contributed by atoms with Crippen molar-refractivity contribution in [3.63, 3.8) is 0 Å². The minimum Gasteiger partial charge on any atom is -0.394 e. The summed E-state index contributed by atoms with van der Waals surface area (Å²) in [5, 5.41) is 5.58. The highest BCUT2D eigenvalue weighted by Crippen LogP contribution is 2.29. The summed E-state index contributed by atoms with van der Waals surface area (Å²) in [5.41, 5.74) is 8.94. The average molecular weight is 493 g/mol. The molecule has 4 aromatic rings. The summed E-state index contributed by atoms with van der Waals surface area (Å²) in [4.78, 5) is 50.5. The number of nitrogens with zero attached hydrogens (tertiary/aromatic N) is 1. The van der Waals surface area contributed by atoms with E-state index in [0.29, 0.717) is 17.8 Å². The van der Waals surface area contributed by atoms with E-state index in [1.807, 2.05) is 54.6 Å². The first kappa shape index (κ1) is 23.7. The number of hydrogen-bond donors (Lipinski definition) is 3. The number of nitrogens with two attached hydrogens (primary N) is 1. The van der Waals surface area contributed by atoms with Gasteiger partial charge in [-0.1, -0.05) is 54.6 Å². The van der Waals surface area contributed by atoms with Crippen LogP contribution in [0.15, 0.2) is 82.4 Å². The SMILES string of the molecule is Nc1c(Nc2ccc(C(=O)NCCC(=O)N3Cc4ccccc4/C=C\c4ccccc43)cc2)c(=O)c1=O. The molecule has 37 heavy (non-hydrogen) atoms. The van der Waals surface area contributed by atoms with Crippen LogP contribution in [0.4, 0.5) is 22.7 Å². The minimum atomic E-state index is -0.701. The van der Waals surface area contributed by atoms with Crippen LogP contribution in [0.1, 0.15) is 33.5 Å². The van der Waals surface area contributed by atoms with Gasteiger partial charge in [0.25, 0.3) is 16.8 Å². The molecule has 1 aliphatic heterocycles. The molecule has 0 fully saturated rings. The molecule has 8 heteroatoms. The van der Waals surface area contributed by atoms with Gasteiger partial charge in [0.1, 0.15) is 11.4 Å². The van der Waals surface area contributed by atoms with Crippen LogP contribution in [-0.4, -0.2) is 18.4 Å². The second-order valence-electron chi connectivity index (χ2n) is 8.73. The van der Waals surface area contributed by atoms with Crippen molar-refractivity contribution < 1.29 is 9.59 Å². The van der Waals surface area contributed by atoms with Gasteiger partial charge >= 0.3 is 0 Å². The van der Waals surface area contributed by atoms with Gasteiger partial charge in [0.15, 0.2) is 0 Å². The summed E-state index contributed by atoms with van der Waals surface area (Å²) < 4.78 is 0. The number of amides is 2. The van der Waals surface area contributed by atoms with Crippen molar-refractivity contribution in [1.82, 2.24) is 5.32 Å². The predicted molar refractivity (Wildman–Crippen MR) is 145 cm³/mol. The van der Waals surface area contributed by atoms with Crippen LogP contribution in [0.5, 0.6) is 0 Å². The van der Waals surface area contributed by atoms with E-state index in [9.17, 15) is 19.2 Å². The minimum absolute atomic E-state index is 0.0598. The van der Waals surface area contributed by atoms with E-state index in [1.54, 1.807) is 29.2 Å². The molecule has 4 N–H and O–H groups in total. The van der Waals surface area contributed by atoms with Gasteiger partial charge in [-0.2, -0.15) is 0 Å². The fourth-order valence-corrected chi connectivity index (χ4v) is 4.28. The Morgan fingerprint density at radius 3 is 2.27 bits per heavy atom. The molecule has 0 saturated carbocycles. The van der Waals surface area contributed by atoms with Crippen molar-refractivity contribution >= 4 is 46.7 Å². The first-order chi connectivity index (χ1) is 17.9. The molecule has 184 valence electrons. The van der Waals surface area contributed by atoms with E-state index in [-0.39, 0.29) is 36.2 Å². The van der Waals surface area contributed by atoms with E-state index in [1.165, 1.54) is 0 Å². The summed E-state index contributed by atoms with van der Waals surface area (Å²) >= 11 is 0. The Labute approximate surface area is 212 Å². The topological polar surface area (TPSA) is 122 Å². The Morgan fingerprint density at radius 2 is 1.51 bits per heavy atom. The van der Waals surface area contributed by atoms with Crippen LogP contribution in [0.25, 0.3) is 12.2 Å². The van der Waals surface area contributed by atoms with Gasteiger partial charge in [-0.15, -0.1) is 0 Å². The van der Waals surface area contributed by atoms with Gasteiger partial charge in [-0.3, -0.25) is 19.2 Å². The highest BCUT2D eigenvalue weighted by Gasteiger charge is 2.21. The molecule has 0 aliphatic carbocycles. The lowest BCUT2D eigenvalue weighted by molar-refractivity contribution is -0.118. The zero-order chi connectivity index (χ0) is 25.9. The van der Waals surface area contributed by atoms with E-state index in [2.05, 4.69) is 16.7 Å². The number of rotatable bonds is 6. The van der Waals surface area contributed by atoms with Gasteiger partial charge in [-0.25, -0.2) is 0 Å². The smallest absolute Gasteiger partial charge is 0.253 e. The summed E-state index contributed by atoms with van der Waals surface area (Å²) in [6.07, 6.45) is 4.21. The summed E-state index contributed by atoms with van der Waals surface area (Å²) in [7, 11) is 0. The number of carbonyl (C=O) groups excluding carboxylic acids is 2. The molecule has 0 saturated heterocycles. The maximum atomic E-state index is 13.3. The number of benzene rings is 3. The van der Waals surface area contributed by atoms with Crippen molar-refractivity contribution in [2.75, 3.05) is 22.5 Å². The first-order valence-corrected chi connectivity index (χ1v) is 11.8. The molecule has 1 aliphatic rings. The molecule has 4 aromatic carbocycles. The summed E-state index contributed by atoms with van der Waals surface area (Å²) in [6, 6.07) is 22.1. The van der Waals surface area contributed by atoms with Crippen LogP contribution in [0.3, 0.4) is 0 Å². The zero-order valence-corrected chi connectivity index (χ0v) is 19.9. The maximum Gasteiger partial charge on any atom is 0.253 e. The van der Waals surface area contributed by atoms with Gasteiger partial charge < -0.3 is 21.3 Å². The number of para-hydroxylation sites is 1. The molecular weight excluding hydrogens is 468 g/mol. The Hall–Kier alpha value is -4.98. The highest BCUT2D eigenvalue weighted by atomic mass is 16.2. The van der Waals surface area contributed by atoms with Gasteiger partial charge in [0.2, 0.25) is 5.91 Å². The molecule has 2 amide bonds. The molecule has 0 atom stereocenters. The first-order valence-electron chi connectivity index (χ1n) is 11.8. The van der Waals surface area contributed by atoms with E-state index >= 15 is 0 Å². The summed E-state index contributed by atoms with van der Waals surface area (Å²) in [5.74, 6) is -0.419. The normalized spacial score (nSPS) is 13.1. The lowest BCUT2D eigenvalue weighted by atomic mass is 10.0. The molecule has 0 aromatic heterocycles. The third kappa shape index (κ3) is 4.77. The number of nitrogen functional groups attached to an aromatic ring is 1. The summed E-state index contributed by atoms with van der Waals surface area (Å²) in [6.45, 7) is 0.613. The van der Waals surface area contributed by atoms with E-state index in [4.69, 9.17) is 5.73 Å². The lowest BCUT2D eigenvalue weighted by Gasteiger charge is -2.27. The quantitative estimate of drug-likeness (QED) is 0.355. The molecular formula is C29H24N4O4. The molecule has 0 unspecified atom stereocenters. The van der Waals surface area contributed by atoms with Crippen LogP contribution < -0.4 is 32.1 Å². The predicted octanol–water partition coefficient (Wildman–Crippen LogP) is 3.45. The van der Waals surface area contributed by atoms with Gasteiger partial charge in [0.05, 0.1) is 12.2 Å². The van der Waals surface area contributed by atoms with E-state index < -0.39 is 10.9 Å². The number of hydrogen-bond acceptors (Lipinski definition) is 6. The number of fused-ring (bicyclic) bond motifs is 2. The van der Waals surface area contributed by atoms with Crippen molar-refractivity contribution in [2.24, 2.45) is 0 Å². The van der Waals surface area contributed by atoms with Crippen LogP contribution in [0, 0.1) is 0 Å². The second-order valence-corrected chi connectivity index (χ2v) is 8.73. The Balaban J connectivity index is 1.22. The lowest BCUT2D eigenvalue weighted by Crippen LogP contribution is -2.36. The molecule has 1 heterocycles. The average Bonchev–Trinajstić information content (AvgIpc) is 2.92. The number of anilines is 4. The zero-order valence-electron chi connectivity index (χ0n) is 19.9. The molecule has 8 nitrogen and oxygen atoms in total. The highest BCUT2D eigenvalue weighted by molar-refractivity contribution is 5.98. The fraction of sp³-hybridized carbons (Fsp3) is 0.103. The Kier molecular flexibility index (Phi) is 6.38. The fourth-order valence-electron chi connectivity index (χ4n) is 4.28. The third-order valence-electron chi connectivity index (χ3n) is 6.34. The van der Waals surface area contributed by atoms with Gasteiger partial charge in [-0.05, 0) is 47.0 Å². The second kappa shape index (κ2) is 9.94. The maximum absolute atomic E-state index is 13.3. The number of carbonyl (C=O) groups is 2. The monoisotopic (exact) mass is 492 g/mol. The molecule has 0 radical (unpaired) electrons. The molecule has 0 spiro atoms. The van der Waals surface area contributed by atoms with Crippen molar-refractivity contribution in [1.29, 1.82) is 0 Å². The van der Waals surface area contributed by atoms with Crippen LogP contribution in [0.2, 0.25) is 0 Å². The third-order valence-corrected chi connectivity index (χ3v) is 6.34. The van der Waals surface area contributed by atoms with Crippen molar-refractivity contribution in [2.45, 2.75) is 13.0 Å². The van der Waals surface area contributed by atoms with Crippen LogP contribution >= 0.6 is 0 Å². The number of nitrogens with one attached hydrogen (secondary N) is 2. The van der Waals surface area contributed by atoms with Crippen molar-refractivity contribution in [3.8, 4) is 0 Å². The largest absolute Gasteiger partial charge is 0.394 e. The van der Waals surface area contributed by atoms with Crippen LogP contribution in [-0.2, 0) is 11.3 Å². The van der Waals surface area contributed by atoms with Gasteiger partial charge in [0, 0.05) is 24.2 Å². The van der Waals surface area contributed by atoms with Crippen molar-refractivity contribution in [3.05, 3.63) is 115 Å². The Morgan fingerprint density at radius 1 is 0.838 bits per heavy atom. The Bertz CT molecular complexity index is 1600.